The molecular weight excluding hydrogens is 324 g/mol. The van der Waals surface area contributed by atoms with Crippen LogP contribution in [0.25, 0.3) is 27.8 Å². The molecule has 26 heavy (non-hydrogen) atoms. The number of imidazole rings is 1. The summed E-state index contributed by atoms with van der Waals surface area (Å²) in [6.45, 7) is 1.76. The van der Waals surface area contributed by atoms with Crippen LogP contribution in [0.5, 0.6) is 5.75 Å². The highest BCUT2D eigenvalue weighted by Gasteiger charge is 2.10. The van der Waals surface area contributed by atoms with Crippen LogP contribution in [0.4, 0.5) is 0 Å². The Bertz CT molecular complexity index is 1070. The lowest BCUT2D eigenvalue weighted by molar-refractivity contribution is 0.199. The molecule has 0 aliphatic rings. The molecule has 0 bridgehead atoms. The Kier molecular flexibility index (Phi) is 4.19. The number of benzene rings is 3. The number of rotatable bonds is 4. The van der Waals surface area contributed by atoms with Gasteiger partial charge in [-0.3, -0.25) is 4.57 Å². The number of para-hydroxylation sites is 1. The predicted molar refractivity (Wildman–Crippen MR) is 104 cm³/mol. The van der Waals surface area contributed by atoms with E-state index >= 15 is 0 Å². The molecule has 1 atom stereocenters. The van der Waals surface area contributed by atoms with Gasteiger partial charge < -0.3 is 9.84 Å². The first-order valence-electron chi connectivity index (χ1n) is 8.56. The Balaban J connectivity index is 1.81. The van der Waals surface area contributed by atoms with E-state index < -0.39 is 6.10 Å². The number of nitrogens with zero attached hydrogens (tertiary/aromatic N) is 2. The fourth-order valence-corrected chi connectivity index (χ4v) is 3.20. The molecule has 0 radical (unpaired) electrons. The van der Waals surface area contributed by atoms with Crippen molar-refractivity contribution in [3.8, 4) is 22.6 Å². The van der Waals surface area contributed by atoms with E-state index in [9.17, 15) is 5.11 Å². The van der Waals surface area contributed by atoms with Crippen LogP contribution in [0, 0.1) is 0 Å². The Morgan fingerprint density at radius 1 is 1.00 bits per heavy atom. The van der Waals surface area contributed by atoms with Gasteiger partial charge in [-0.15, -0.1) is 0 Å². The van der Waals surface area contributed by atoms with Crippen LogP contribution in [-0.2, 0) is 0 Å². The minimum absolute atomic E-state index is 0.501. The van der Waals surface area contributed by atoms with Crippen molar-refractivity contribution < 1.29 is 9.84 Å². The maximum atomic E-state index is 9.77. The maximum Gasteiger partial charge on any atom is 0.126 e. The van der Waals surface area contributed by atoms with Gasteiger partial charge >= 0.3 is 0 Å². The highest BCUT2D eigenvalue weighted by atomic mass is 16.5. The molecule has 130 valence electrons. The molecule has 1 heterocycles. The van der Waals surface area contributed by atoms with Crippen molar-refractivity contribution in [2.24, 2.45) is 0 Å². The second-order valence-electron chi connectivity index (χ2n) is 6.29. The van der Waals surface area contributed by atoms with Crippen LogP contribution in [0.15, 0.2) is 73.1 Å². The van der Waals surface area contributed by atoms with E-state index in [-0.39, 0.29) is 0 Å². The molecule has 1 aromatic heterocycles. The molecule has 4 heteroatoms. The van der Waals surface area contributed by atoms with Gasteiger partial charge in [0.25, 0.3) is 0 Å². The molecule has 4 aromatic rings. The summed E-state index contributed by atoms with van der Waals surface area (Å²) < 4.78 is 7.55. The van der Waals surface area contributed by atoms with E-state index in [1.807, 2.05) is 48.8 Å². The van der Waals surface area contributed by atoms with Crippen molar-refractivity contribution >= 4 is 11.0 Å². The normalized spacial score (nSPS) is 12.3. The Morgan fingerprint density at radius 3 is 2.65 bits per heavy atom. The number of hydrogen-bond donors (Lipinski definition) is 1. The molecule has 3 aromatic carbocycles. The van der Waals surface area contributed by atoms with E-state index in [2.05, 4.69) is 33.8 Å². The van der Waals surface area contributed by atoms with Gasteiger partial charge in [-0.1, -0.05) is 36.4 Å². The summed E-state index contributed by atoms with van der Waals surface area (Å²) in [4.78, 5) is 4.50. The molecule has 0 fully saturated rings. The molecule has 0 aliphatic heterocycles. The van der Waals surface area contributed by atoms with Gasteiger partial charge in [-0.2, -0.15) is 0 Å². The van der Waals surface area contributed by atoms with E-state index in [1.165, 1.54) is 0 Å². The Labute approximate surface area is 152 Å². The molecule has 0 saturated carbocycles. The SMILES string of the molecule is COc1ccccc1-c1cccc(-n2cnc3cc([C@H](C)O)ccc32)c1. The monoisotopic (exact) mass is 344 g/mol. The van der Waals surface area contributed by atoms with Gasteiger partial charge in [0.1, 0.15) is 12.1 Å². The van der Waals surface area contributed by atoms with Gasteiger partial charge in [0.15, 0.2) is 0 Å². The lowest BCUT2D eigenvalue weighted by Gasteiger charge is -2.11. The van der Waals surface area contributed by atoms with Crippen LogP contribution < -0.4 is 4.74 Å². The quantitative estimate of drug-likeness (QED) is 0.581. The smallest absolute Gasteiger partial charge is 0.126 e. The van der Waals surface area contributed by atoms with Gasteiger partial charge in [0, 0.05) is 11.3 Å². The fourth-order valence-electron chi connectivity index (χ4n) is 3.20. The van der Waals surface area contributed by atoms with Crippen molar-refractivity contribution in [3.63, 3.8) is 0 Å². The molecule has 0 saturated heterocycles. The number of aromatic nitrogens is 2. The summed E-state index contributed by atoms with van der Waals surface area (Å²) in [5, 5.41) is 9.77. The van der Waals surface area contributed by atoms with Crippen molar-refractivity contribution in [1.29, 1.82) is 0 Å². The number of fused-ring (bicyclic) bond motifs is 1. The zero-order valence-electron chi connectivity index (χ0n) is 14.8. The first kappa shape index (κ1) is 16.4. The topological polar surface area (TPSA) is 47.3 Å². The van der Waals surface area contributed by atoms with Gasteiger partial charge in [-0.05, 0) is 48.4 Å². The first-order valence-corrected chi connectivity index (χ1v) is 8.56. The lowest BCUT2D eigenvalue weighted by atomic mass is 10.0. The predicted octanol–water partition coefficient (Wildman–Crippen LogP) is 4.75. The van der Waals surface area contributed by atoms with Gasteiger partial charge in [0.2, 0.25) is 0 Å². The molecule has 0 unspecified atom stereocenters. The summed E-state index contributed by atoms with van der Waals surface area (Å²) >= 11 is 0. The third-order valence-corrected chi connectivity index (χ3v) is 4.60. The van der Waals surface area contributed by atoms with Crippen molar-refractivity contribution in [2.45, 2.75) is 13.0 Å². The van der Waals surface area contributed by atoms with Gasteiger partial charge in [-0.25, -0.2) is 4.98 Å². The molecule has 4 rings (SSSR count). The minimum Gasteiger partial charge on any atom is -0.496 e. The zero-order chi connectivity index (χ0) is 18.1. The van der Waals surface area contributed by atoms with E-state index in [0.29, 0.717) is 0 Å². The van der Waals surface area contributed by atoms with Crippen LogP contribution in [0.3, 0.4) is 0 Å². The average Bonchev–Trinajstić information content (AvgIpc) is 3.11. The van der Waals surface area contributed by atoms with E-state index in [4.69, 9.17) is 4.74 Å². The van der Waals surface area contributed by atoms with E-state index in [0.717, 1.165) is 39.2 Å². The molecule has 0 amide bonds. The molecule has 0 spiro atoms. The summed E-state index contributed by atoms with van der Waals surface area (Å²) in [5.41, 5.74) is 5.91. The first-order chi connectivity index (χ1) is 12.7. The largest absolute Gasteiger partial charge is 0.496 e. The van der Waals surface area contributed by atoms with Crippen molar-refractivity contribution in [2.75, 3.05) is 7.11 Å². The maximum absolute atomic E-state index is 9.77. The van der Waals surface area contributed by atoms with Crippen LogP contribution in [0.2, 0.25) is 0 Å². The number of methoxy groups -OCH3 is 1. The average molecular weight is 344 g/mol. The highest BCUT2D eigenvalue weighted by molar-refractivity contribution is 5.79. The number of hydrogen-bond acceptors (Lipinski definition) is 3. The second-order valence-corrected chi connectivity index (χ2v) is 6.29. The zero-order valence-corrected chi connectivity index (χ0v) is 14.8. The van der Waals surface area contributed by atoms with Crippen molar-refractivity contribution in [3.05, 3.63) is 78.6 Å². The Hall–Kier alpha value is -3.11. The van der Waals surface area contributed by atoms with Crippen molar-refractivity contribution in [1.82, 2.24) is 9.55 Å². The number of aliphatic hydroxyl groups excluding tert-OH is 1. The third kappa shape index (κ3) is 2.85. The summed E-state index contributed by atoms with van der Waals surface area (Å²) in [5.74, 6) is 0.849. The number of ether oxygens (including phenoxy) is 1. The summed E-state index contributed by atoms with van der Waals surface area (Å²) in [7, 11) is 1.69. The lowest BCUT2D eigenvalue weighted by Crippen LogP contribution is -1.94. The molecule has 0 aliphatic carbocycles. The third-order valence-electron chi connectivity index (χ3n) is 4.60. The summed E-state index contributed by atoms with van der Waals surface area (Å²) in [6.07, 6.45) is 1.32. The second kappa shape index (κ2) is 6.65. The molecular formula is C22H20N2O2. The standard InChI is InChI=1S/C22H20N2O2/c1-15(25)16-10-11-21-20(13-16)23-14-24(21)18-7-5-6-17(12-18)19-8-3-4-9-22(19)26-2/h3-15,25H,1-2H3/t15-/m0/s1. The summed E-state index contributed by atoms with van der Waals surface area (Å²) in [6, 6.07) is 22.2. The number of aliphatic hydroxyl groups is 1. The molecule has 1 N–H and O–H groups in total. The van der Waals surface area contributed by atoms with Crippen LogP contribution in [-0.4, -0.2) is 21.8 Å². The minimum atomic E-state index is -0.501. The Morgan fingerprint density at radius 2 is 1.85 bits per heavy atom. The van der Waals surface area contributed by atoms with Gasteiger partial charge in [0.05, 0.1) is 24.2 Å². The van der Waals surface area contributed by atoms with E-state index in [1.54, 1.807) is 14.0 Å². The van der Waals surface area contributed by atoms with Crippen LogP contribution >= 0.6 is 0 Å². The molecule has 4 nitrogen and oxygen atoms in total. The highest BCUT2D eigenvalue weighted by Crippen LogP contribution is 2.31. The van der Waals surface area contributed by atoms with Crippen LogP contribution in [0.1, 0.15) is 18.6 Å². The fraction of sp³-hybridized carbons (Fsp3) is 0.136.